The highest BCUT2D eigenvalue weighted by Crippen LogP contribution is 2.21. The molecule has 6 heteroatoms. The van der Waals surface area contributed by atoms with Crippen molar-refractivity contribution in [1.82, 2.24) is 10.1 Å². The summed E-state index contributed by atoms with van der Waals surface area (Å²) < 4.78 is 5.12. The molecule has 2 rings (SSSR count). The van der Waals surface area contributed by atoms with Crippen LogP contribution in [0.3, 0.4) is 0 Å². The lowest BCUT2D eigenvalue weighted by Crippen LogP contribution is -2.02. The Morgan fingerprint density at radius 2 is 2.50 bits per heavy atom. The van der Waals surface area contributed by atoms with Crippen LogP contribution in [0.1, 0.15) is 12.8 Å². The van der Waals surface area contributed by atoms with Crippen molar-refractivity contribution in [2.75, 3.05) is 6.61 Å². The first kappa shape index (κ1) is 11.6. The molecule has 0 saturated carbocycles. The number of thiophene rings is 1. The summed E-state index contributed by atoms with van der Waals surface area (Å²) in [6, 6.07) is 1.96. The fourth-order valence-corrected chi connectivity index (χ4v) is 2.37. The van der Waals surface area contributed by atoms with Crippen molar-refractivity contribution in [1.29, 1.82) is 0 Å². The Kier molecular flexibility index (Phi) is 3.98. The monoisotopic (exact) mass is 256 g/mol. The van der Waals surface area contributed by atoms with Crippen LogP contribution < -0.4 is 0 Å². The van der Waals surface area contributed by atoms with Gasteiger partial charge < -0.3 is 9.63 Å². The largest absolute Gasteiger partial charge is 0.395 e. The van der Waals surface area contributed by atoms with E-state index in [2.05, 4.69) is 10.1 Å². The molecule has 0 aromatic carbocycles. The molecule has 2 heterocycles. The highest BCUT2D eigenvalue weighted by Gasteiger charge is 2.10. The van der Waals surface area contributed by atoms with Crippen molar-refractivity contribution in [3.05, 3.63) is 22.7 Å². The predicted molar refractivity (Wildman–Crippen MR) is 65.5 cm³/mol. The zero-order valence-corrected chi connectivity index (χ0v) is 10.4. The summed E-state index contributed by atoms with van der Waals surface area (Å²) in [7, 11) is 0. The molecule has 0 fully saturated rings. The van der Waals surface area contributed by atoms with E-state index in [4.69, 9.17) is 9.63 Å². The summed E-state index contributed by atoms with van der Waals surface area (Å²) >= 11 is 3.20. The van der Waals surface area contributed by atoms with E-state index in [1.807, 2.05) is 23.8 Å². The molecule has 0 amide bonds. The van der Waals surface area contributed by atoms with Crippen LogP contribution in [-0.4, -0.2) is 27.1 Å². The average molecular weight is 256 g/mol. The van der Waals surface area contributed by atoms with E-state index in [9.17, 15) is 0 Å². The molecular weight excluding hydrogens is 244 g/mol. The van der Waals surface area contributed by atoms with Crippen LogP contribution in [-0.2, 0) is 5.75 Å². The van der Waals surface area contributed by atoms with Gasteiger partial charge >= 0.3 is 0 Å². The van der Waals surface area contributed by atoms with E-state index in [-0.39, 0.29) is 11.9 Å². The van der Waals surface area contributed by atoms with Crippen LogP contribution in [0, 0.1) is 0 Å². The Morgan fingerprint density at radius 1 is 1.62 bits per heavy atom. The molecule has 1 atom stereocenters. The molecule has 0 spiro atoms. The molecule has 0 radical (unpaired) electrons. The number of rotatable bonds is 5. The third-order valence-electron chi connectivity index (χ3n) is 2.00. The Hall–Kier alpha value is -0.850. The van der Waals surface area contributed by atoms with Gasteiger partial charge in [0.2, 0.25) is 11.7 Å². The van der Waals surface area contributed by atoms with Crippen molar-refractivity contribution >= 4 is 23.1 Å². The van der Waals surface area contributed by atoms with E-state index in [1.54, 1.807) is 23.1 Å². The number of hydrogen-bond donors (Lipinski definition) is 1. The van der Waals surface area contributed by atoms with Crippen molar-refractivity contribution in [3.63, 3.8) is 0 Å². The van der Waals surface area contributed by atoms with Crippen molar-refractivity contribution in [2.45, 2.75) is 17.9 Å². The van der Waals surface area contributed by atoms with Gasteiger partial charge in [0.1, 0.15) is 0 Å². The SMILES string of the molecule is C[C@H](CO)SCc1nc(-c2ccsc2)no1. The molecule has 0 saturated heterocycles. The summed E-state index contributed by atoms with van der Waals surface area (Å²) in [6.45, 7) is 2.12. The molecule has 16 heavy (non-hydrogen) atoms. The Balaban J connectivity index is 1.98. The first-order valence-corrected chi connectivity index (χ1v) is 6.86. The number of hydrogen-bond acceptors (Lipinski definition) is 6. The Bertz CT molecular complexity index is 428. The zero-order valence-electron chi connectivity index (χ0n) is 8.79. The maximum atomic E-state index is 8.88. The van der Waals surface area contributed by atoms with Gasteiger partial charge in [-0.2, -0.15) is 16.3 Å². The molecule has 4 nitrogen and oxygen atoms in total. The summed E-state index contributed by atoms with van der Waals surface area (Å²) in [4.78, 5) is 4.29. The van der Waals surface area contributed by atoms with Crippen LogP contribution in [0.15, 0.2) is 21.3 Å². The molecule has 0 aliphatic rings. The van der Waals surface area contributed by atoms with E-state index in [0.717, 1.165) is 5.56 Å². The molecule has 0 unspecified atom stereocenters. The van der Waals surface area contributed by atoms with Gasteiger partial charge in [-0.15, -0.1) is 11.8 Å². The van der Waals surface area contributed by atoms with Crippen molar-refractivity contribution in [2.24, 2.45) is 0 Å². The standard InChI is InChI=1S/C10H12N2O2S2/c1-7(4-13)16-6-9-11-10(12-14-9)8-2-3-15-5-8/h2-3,5,7,13H,4,6H2,1H3/t7-/m1/s1. The van der Waals surface area contributed by atoms with Crippen LogP contribution in [0.2, 0.25) is 0 Å². The molecule has 0 bridgehead atoms. The van der Waals surface area contributed by atoms with Gasteiger partial charge in [0.05, 0.1) is 12.4 Å². The van der Waals surface area contributed by atoms with Crippen LogP contribution in [0.4, 0.5) is 0 Å². The van der Waals surface area contributed by atoms with E-state index >= 15 is 0 Å². The normalized spacial score (nSPS) is 12.9. The van der Waals surface area contributed by atoms with Gasteiger partial charge in [-0.25, -0.2) is 0 Å². The van der Waals surface area contributed by atoms with E-state index in [1.165, 1.54) is 0 Å². The number of aliphatic hydroxyl groups is 1. The average Bonchev–Trinajstić information content (AvgIpc) is 2.95. The van der Waals surface area contributed by atoms with E-state index < -0.39 is 0 Å². The zero-order chi connectivity index (χ0) is 11.4. The molecule has 86 valence electrons. The smallest absolute Gasteiger partial charge is 0.236 e. The number of aromatic nitrogens is 2. The first-order chi connectivity index (χ1) is 7.79. The second-order valence-electron chi connectivity index (χ2n) is 3.33. The van der Waals surface area contributed by atoms with Gasteiger partial charge in [0, 0.05) is 16.2 Å². The topological polar surface area (TPSA) is 59.2 Å². The third-order valence-corrected chi connectivity index (χ3v) is 3.81. The van der Waals surface area contributed by atoms with Gasteiger partial charge in [-0.05, 0) is 11.4 Å². The number of aliphatic hydroxyl groups excluding tert-OH is 1. The predicted octanol–water partition coefficient (Wildman–Crippen LogP) is 2.41. The Labute approximate surface area is 102 Å². The summed E-state index contributed by atoms with van der Waals surface area (Å²) in [5.41, 5.74) is 0.986. The maximum Gasteiger partial charge on any atom is 0.236 e. The minimum atomic E-state index is 0.163. The lowest BCUT2D eigenvalue weighted by atomic mass is 10.3. The van der Waals surface area contributed by atoms with Gasteiger partial charge in [0.25, 0.3) is 0 Å². The van der Waals surface area contributed by atoms with Crippen molar-refractivity contribution in [3.8, 4) is 11.4 Å². The van der Waals surface area contributed by atoms with E-state index in [0.29, 0.717) is 17.5 Å². The second-order valence-corrected chi connectivity index (χ2v) is 5.53. The lowest BCUT2D eigenvalue weighted by Gasteiger charge is -2.03. The quantitative estimate of drug-likeness (QED) is 0.890. The van der Waals surface area contributed by atoms with Gasteiger partial charge in [-0.1, -0.05) is 12.1 Å². The highest BCUT2D eigenvalue weighted by atomic mass is 32.2. The van der Waals surface area contributed by atoms with Crippen LogP contribution >= 0.6 is 23.1 Å². The second kappa shape index (κ2) is 5.47. The maximum absolute atomic E-state index is 8.88. The highest BCUT2D eigenvalue weighted by molar-refractivity contribution is 7.99. The van der Waals surface area contributed by atoms with Gasteiger partial charge in [-0.3, -0.25) is 0 Å². The van der Waals surface area contributed by atoms with Crippen LogP contribution in [0.5, 0.6) is 0 Å². The molecule has 1 N–H and O–H groups in total. The third kappa shape index (κ3) is 2.84. The summed E-state index contributed by atoms with van der Waals surface area (Å²) in [5.74, 6) is 1.87. The fraction of sp³-hybridized carbons (Fsp3) is 0.400. The fourth-order valence-electron chi connectivity index (χ4n) is 1.09. The molecule has 0 aliphatic carbocycles. The summed E-state index contributed by atoms with van der Waals surface area (Å²) in [6.07, 6.45) is 0. The van der Waals surface area contributed by atoms with Crippen LogP contribution in [0.25, 0.3) is 11.4 Å². The minimum Gasteiger partial charge on any atom is -0.395 e. The summed E-state index contributed by atoms with van der Waals surface area (Å²) in [5, 5.41) is 16.9. The number of thioether (sulfide) groups is 1. The lowest BCUT2D eigenvalue weighted by molar-refractivity contribution is 0.300. The number of nitrogens with zero attached hydrogens (tertiary/aromatic N) is 2. The molecule has 2 aromatic heterocycles. The van der Waals surface area contributed by atoms with Gasteiger partial charge in [0.15, 0.2) is 0 Å². The van der Waals surface area contributed by atoms with Crippen molar-refractivity contribution < 1.29 is 9.63 Å². The Morgan fingerprint density at radius 3 is 3.19 bits per heavy atom. The molecule has 2 aromatic rings. The first-order valence-electron chi connectivity index (χ1n) is 4.87. The minimum absolute atomic E-state index is 0.163. The molecular formula is C10H12N2O2S2. The molecule has 0 aliphatic heterocycles.